The molecule has 0 aromatic carbocycles. The summed E-state index contributed by atoms with van der Waals surface area (Å²) in [7, 11) is 2.07. The molecule has 0 aliphatic carbocycles. The molecule has 0 fully saturated rings. The van der Waals surface area contributed by atoms with Crippen molar-refractivity contribution in [2.45, 2.75) is 26.9 Å². The number of rotatable bonds is 5. The van der Waals surface area contributed by atoms with Gasteiger partial charge in [-0.05, 0) is 20.9 Å². The second-order valence-electron chi connectivity index (χ2n) is 4.46. The fourth-order valence-electron chi connectivity index (χ4n) is 1.81. The number of hydrogen-bond acceptors (Lipinski definition) is 4. The first-order valence-corrected chi connectivity index (χ1v) is 6.22. The van der Waals surface area contributed by atoms with Crippen molar-refractivity contribution >= 4 is 11.6 Å². The van der Waals surface area contributed by atoms with E-state index in [-0.39, 0.29) is 0 Å². The van der Waals surface area contributed by atoms with E-state index in [2.05, 4.69) is 22.2 Å². The molecular weight excluding hydrogens is 252 g/mol. The molecule has 0 saturated carbocycles. The van der Waals surface area contributed by atoms with Gasteiger partial charge in [-0.3, -0.25) is 4.68 Å². The summed E-state index contributed by atoms with van der Waals surface area (Å²) < 4.78 is 6.99. The van der Waals surface area contributed by atoms with Crippen molar-refractivity contribution in [3.63, 3.8) is 0 Å². The Morgan fingerprint density at radius 2 is 2.22 bits per heavy atom. The standard InChI is InChI=1S/C12H17ClN4O/c1-9-12(10(2)18-15-9)8-16(3)4-5-17-7-11(13)6-14-17/h6-7H,4-5,8H2,1-3H3. The fraction of sp³-hybridized carbons (Fsp3) is 0.500. The van der Waals surface area contributed by atoms with Crippen LogP contribution in [-0.2, 0) is 13.1 Å². The van der Waals surface area contributed by atoms with Crippen molar-refractivity contribution in [3.05, 3.63) is 34.4 Å². The molecular formula is C12H17ClN4O. The summed E-state index contributed by atoms with van der Waals surface area (Å²) >= 11 is 5.81. The Bertz CT molecular complexity index is 500. The van der Waals surface area contributed by atoms with Crippen LogP contribution in [-0.4, -0.2) is 33.4 Å². The number of nitrogens with zero attached hydrogens (tertiary/aromatic N) is 4. The van der Waals surface area contributed by atoms with E-state index in [0.717, 1.165) is 36.7 Å². The number of hydrogen-bond donors (Lipinski definition) is 0. The van der Waals surface area contributed by atoms with Gasteiger partial charge in [-0.25, -0.2) is 0 Å². The van der Waals surface area contributed by atoms with Gasteiger partial charge in [0, 0.05) is 24.8 Å². The fourth-order valence-corrected chi connectivity index (χ4v) is 1.97. The lowest BCUT2D eigenvalue weighted by atomic mass is 10.2. The van der Waals surface area contributed by atoms with E-state index in [1.54, 1.807) is 6.20 Å². The molecule has 0 N–H and O–H groups in total. The van der Waals surface area contributed by atoms with Crippen LogP contribution in [0.5, 0.6) is 0 Å². The van der Waals surface area contributed by atoms with Crippen molar-refractivity contribution in [1.82, 2.24) is 19.8 Å². The maximum absolute atomic E-state index is 5.81. The summed E-state index contributed by atoms with van der Waals surface area (Å²) in [5.74, 6) is 0.890. The largest absolute Gasteiger partial charge is 0.361 e. The van der Waals surface area contributed by atoms with E-state index in [9.17, 15) is 0 Å². The Morgan fingerprint density at radius 3 is 2.78 bits per heavy atom. The minimum Gasteiger partial charge on any atom is -0.361 e. The topological polar surface area (TPSA) is 47.1 Å². The lowest BCUT2D eigenvalue weighted by molar-refractivity contribution is 0.302. The van der Waals surface area contributed by atoms with Gasteiger partial charge in [-0.1, -0.05) is 16.8 Å². The molecule has 2 aromatic heterocycles. The van der Waals surface area contributed by atoms with Gasteiger partial charge in [0.1, 0.15) is 5.76 Å². The highest BCUT2D eigenvalue weighted by atomic mass is 35.5. The molecule has 0 bridgehead atoms. The van der Waals surface area contributed by atoms with Gasteiger partial charge in [0.15, 0.2) is 0 Å². The normalized spacial score (nSPS) is 11.4. The molecule has 6 heteroatoms. The van der Waals surface area contributed by atoms with Crippen LogP contribution in [0.1, 0.15) is 17.0 Å². The molecule has 5 nitrogen and oxygen atoms in total. The number of likely N-dealkylation sites (N-methyl/N-ethyl adjacent to an activating group) is 1. The Kier molecular flexibility index (Phi) is 4.04. The lowest BCUT2D eigenvalue weighted by Crippen LogP contribution is -2.23. The first-order chi connectivity index (χ1) is 8.56. The minimum atomic E-state index is 0.670. The first kappa shape index (κ1) is 13.1. The Balaban J connectivity index is 1.87. The zero-order valence-electron chi connectivity index (χ0n) is 10.9. The van der Waals surface area contributed by atoms with Crippen LogP contribution in [0.3, 0.4) is 0 Å². The summed E-state index contributed by atoms with van der Waals surface area (Å²) in [5, 5.41) is 8.77. The molecule has 0 aliphatic heterocycles. The molecule has 2 aromatic rings. The molecule has 18 heavy (non-hydrogen) atoms. The van der Waals surface area contributed by atoms with E-state index >= 15 is 0 Å². The summed E-state index contributed by atoms with van der Waals surface area (Å²) in [5.41, 5.74) is 2.12. The molecule has 0 saturated heterocycles. The second-order valence-corrected chi connectivity index (χ2v) is 4.90. The number of aromatic nitrogens is 3. The molecule has 98 valence electrons. The maximum Gasteiger partial charge on any atom is 0.138 e. The summed E-state index contributed by atoms with van der Waals surface area (Å²) in [6.45, 7) is 6.44. The third kappa shape index (κ3) is 3.11. The second kappa shape index (κ2) is 5.54. The van der Waals surface area contributed by atoms with Crippen LogP contribution in [0.2, 0.25) is 5.02 Å². The SMILES string of the molecule is Cc1noc(C)c1CN(C)CCn1cc(Cl)cn1. The van der Waals surface area contributed by atoms with Gasteiger partial charge >= 0.3 is 0 Å². The molecule has 2 rings (SSSR count). The van der Waals surface area contributed by atoms with Gasteiger partial charge < -0.3 is 9.42 Å². The Morgan fingerprint density at radius 1 is 1.44 bits per heavy atom. The number of aryl methyl sites for hydroxylation is 2. The average molecular weight is 269 g/mol. The van der Waals surface area contributed by atoms with Crippen molar-refractivity contribution < 1.29 is 4.52 Å². The summed E-state index contributed by atoms with van der Waals surface area (Å²) in [6, 6.07) is 0. The van der Waals surface area contributed by atoms with Crippen molar-refractivity contribution in [1.29, 1.82) is 0 Å². The molecule has 0 aliphatic rings. The van der Waals surface area contributed by atoms with Crippen LogP contribution < -0.4 is 0 Å². The van der Waals surface area contributed by atoms with Crippen LogP contribution in [0.15, 0.2) is 16.9 Å². The monoisotopic (exact) mass is 268 g/mol. The Hall–Kier alpha value is -1.33. The van der Waals surface area contributed by atoms with Crippen LogP contribution in [0.25, 0.3) is 0 Å². The zero-order valence-corrected chi connectivity index (χ0v) is 11.6. The highest BCUT2D eigenvalue weighted by molar-refractivity contribution is 6.30. The molecule has 0 radical (unpaired) electrons. The van der Waals surface area contributed by atoms with Crippen LogP contribution in [0, 0.1) is 13.8 Å². The third-order valence-electron chi connectivity index (χ3n) is 2.92. The minimum absolute atomic E-state index is 0.670. The zero-order chi connectivity index (χ0) is 13.1. The molecule has 2 heterocycles. The van der Waals surface area contributed by atoms with E-state index < -0.39 is 0 Å². The molecule has 0 amide bonds. The average Bonchev–Trinajstić information content (AvgIpc) is 2.87. The van der Waals surface area contributed by atoms with E-state index in [1.165, 1.54) is 0 Å². The summed E-state index contributed by atoms with van der Waals surface area (Å²) in [6.07, 6.45) is 3.47. The van der Waals surface area contributed by atoms with E-state index in [1.807, 2.05) is 24.7 Å². The lowest BCUT2D eigenvalue weighted by Gasteiger charge is -2.16. The molecule has 0 unspecified atom stereocenters. The van der Waals surface area contributed by atoms with Gasteiger partial charge in [0.25, 0.3) is 0 Å². The van der Waals surface area contributed by atoms with Gasteiger partial charge in [-0.15, -0.1) is 0 Å². The van der Waals surface area contributed by atoms with E-state index in [0.29, 0.717) is 5.02 Å². The molecule has 0 spiro atoms. The molecule has 0 atom stereocenters. The van der Waals surface area contributed by atoms with Crippen molar-refractivity contribution in [3.8, 4) is 0 Å². The predicted molar refractivity (Wildman–Crippen MR) is 69.5 cm³/mol. The number of halogens is 1. The highest BCUT2D eigenvalue weighted by Gasteiger charge is 2.11. The van der Waals surface area contributed by atoms with E-state index in [4.69, 9.17) is 16.1 Å². The summed E-state index contributed by atoms with van der Waals surface area (Å²) in [4.78, 5) is 2.21. The van der Waals surface area contributed by atoms with Crippen molar-refractivity contribution in [2.75, 3.05) is 13.6 Å². The van der Waals surface area contributed by atoms with Gasteiger partial charge in [0.05, 0.1) is 23.5 Å². The predicted octanol–water partition coefficient (Wildman–Crippen LogP) is 2.27. The Labute approximate surface area is 111 Å². The van der Waals surface area contributed by atoms with Gasteiger partial charge in [-0.2, -0.15) is 5.10 Å². The third-order valence-corrected chi connectivity index (χ3v) is 3.12. The quantitative estimate of drug-likeness (QED) is 0.835. The van der Waals surface area contributed by atoms with Crippen LogP contribution in [0.4, 0.5) is 0 Å². The van der Waals surface area contributed by atoms with Crippen LogP contribution >= 0.6 is 11.6 Å². The van der Waals surface area contributed by atoms with Crippen molar-refractivity contribution in [2.24, 2.45) is 0 Å². The first-order valence-electron chi connectivity index (χ1n) is 5.84. The van der Waals surface area contributed by atoms with Gasteiger partial charge in [0.2, 0.25) is 0 Å². The maximum atomic E-state index is 5.81. The highest BCUT2D eigenvalue weighted by Crippen LogP contribution is 2.14. The smallest absolute Gasteiger partial charge is 0.138 e.